The molecule has 140 valence electrons. The summed E-state index contributed by atoms with van der Waals surface area (Å²) in [5.74, 6) is -1.59. The molecule has 0 aliphatic heterocycles. The summed E-state index contributed by atoms with van der Waals surface area (Å²) < 4.78 is 10.1. The predicted molar refractivity (Wildman–Crippen MR) is 97.4 cm³/mol. The molecule has 0 fully saturated rings. The zero-order valence-electron chi connectivity index (χ0n) is 15.2. The first-order valence-corrected chi connectivity index (χ1v) is 9.09. The second-order valence-corrected chi connectivity index (χ2v) is 6.71. The van der Waals surface area contributed by atoms with Crippen LogP contribution in [0.15, 0.2) is 17.5 Å². The molecule has 2 heterocycles. The highest BCUT2D eigenvalue weighted by atomic mass is 32.1. The molecular formula is C18H22N2O5S. The van der Waals surface area contributed by atoms with Crippen LogP contribution in [0, 0.1) is 13.8 Å². The van der Waals surface area contributed by atoms with Crippen LogP contribution in [-0.4, -0.2) is 36.0 Å². The number of nitrogens with one attached hydrogen (secondary N) is 2. The van der Waals surface area contributed by atoms with Crippen molar-refractivity contribution in [1.29, 1.82) is 0 Å². The summed E-state index contributed by atoms with van der Waals surface area (Å²) in [6, 6.07) is 3.67. The Hall–Kier alpha value is -2.61. The topological polar surface area (TPSA) is 97.5 Å². The fourth-order valence-corrected chi connectivity index (χ4v) is 3.29. The zero-order valence-corrected chi connectivity index (χ0v) is 16.0. The van der Waals surface area contributed by atoms with E-state index in [0.717, 1.165) is 4.88 Å². The molecule has 26 heavy (non-hydrogen) atoms. The van der Waals surface area contributed by atoms with Gasteiger partial charge >= 0.3 is 11.9 Å². The van der Waals surface area contributed by atoms with Gasteiger partial charge < -0.3 is 19.8 Å². The van der Waals surface area contributed by atoms with Crippen molar-refractivity contribution < 1.29 is 23.9 Å². The molecule has 8 heteroatoms. The highest BCUT2D eigenvalue weighted by Gasteiger charge is 2.24. The number of H-pyrrole nitrogens is 1. The SMILES string of the molecule is CCOC(=O)c1[nH]c(C)c(C(=O)OCC(=O)NC(C)c2cccs2)c1C. The molecule has 0 bridgehead atoms. The van der Waals surface area contributed by atoms with Crippen LogP contribution in [0.1, 0.15) is 56.9 Å². The Morgan fingerprint density at radius 2 is 1.96 bits per heavy atom. The molecule has 0 radical (unpaired) electrons. The predicted octanol–water partition coefficient (Wildman–Crippen LogP) is 2.90. The van der Waals surface area contributed by atoms with E-state index in [2.05, 4.69) is 10.3 Å². The molecule has 1 unspecified atom stereocenters. The minimum atomic E-state index is -0.661. The quantitative estimate of drug-likeness (QED) is 0.722. The number of carbonyl (C=O) groups is 3. The van der Waals surface area contributed by atoms with Gasteiger partial charge in [0.2, 0.25) is 0 Å². The van der Waals surface area contributed by atoms with Crippen LogP contribution in [0.5, 0.6) is 0 Å². The second kappa shape index (κ2) is 8.66. The molecule has 0 saturated heterocycles. The standard InChI is InChI=1S/C18H22N2O5S/c1-5-24-18(23)16-10(2)15(12(4)20-16)17(22)25-9-14(21)19-11(3)13-7-6-8-26-13/h6-8,11,20H,5,9H2,1-4H3,(H,19,21). The number of aromatic amines is 1. The van der Waals surface area contributed by atoms with Crippen molar-refractivity contribution >= 4 is 29.2 Å². The molecule has 1 atom stereocenters. The number of rotatable bonds is 7. The van der Waals surface area contributed by atoms with Crippen LogP contribution in [0.3, 0.4) is 0 Å². The van der Waals surface area contributed by atoms with Gasteiger partial charge in [0, 0.05) is 10.6 Å². The molecule has 0 aliphatic carbocycles. The summed E-state index contributed by atoms with van der Waals surface area (Å²) in [7, 11) is 0. The van der Waals surface area contributed by atoms with E-state index in [1.807, 2.05) is 24.4 Å². The molecule has 0 aromatic carbocycles. The van der Waals surface area contributed by atoms with Crippen LogP contribution in [-0.2, 0) is 14.3 Å². The van der Waals surface area contributed by atoms with E-state index >= 15 is 0 Å². The first-order valence-electron chi connectivity index (χ1n) is 8.21. The summed E-state index contributed by atoms with van der Waals surface area (Å²) in [5.41, 5.74) is 1.39. The summed E-state index contributed by atoms with van der Waals surface area (Å²) in [4.78, 5) is 40.1. The minimum absolute atomic E-state index is 0.160. The van der Waals surface area contributed by atoms with Crippen LogP contribution in [0.25, 0.3) is 0 Å². The lowest BCUT2D eigenvalue weighted by atomic mass is 10.1. The van der Waals surface area contributed by atoms with E-state index in [1.54, 1.807) is 20.8 Å². The largest absolute Gasteiger partial charge is 0.461 e. The van der Waals surface area contributed by atoms with Crippen molar-refractivity contribution in [3.63, 3.8) is 0 Å². The lowest BCUT2D eigenvalue weighted by Crippen LogP contribution is -2.30. The van der Waals surface area contributed by atoms with E-state index < -0.39 is 24.5 Å². The molecular weight excluding hydrogens is 356 g/mol. The summed E-state index contributed by atoms with van der Waals surface area (Å²) >= 11 is 1.54. The molecule has 0 saturated carbocycles. The normalized spacial score (nSPS) is 11.7. The maximum Gasteiger partial charge on any atom is 0.355 e. The number of aromatic nitrogens is 1. The molecule has 2 aromatic rings. The summed E-state index contributed by atoms with van der Waals surface area (Å²) in [5, 5.41) is 4.70. The van der Waals surface area contributed by atoms with Gasteiger partial charge in [-0.15, -0.1) is 11.3 Å². The maximum absolute atomic E-state index is 12.3. The van der Waals surface area contributed by atoms with Gasteiger partial charge in [-0.1, -0.05) is 6.07 Å². The highest BCUT2D eigenvalue weighted by molar-refractivity contribution is 7.10. The zero-order chi connectivity index (χ0) is 19.3. The number of hydrogen-bond donors (Lipinski definition) is 2. The van der Waals surface area contributed by atoms with E-state index in [-0.39, 0.29) is 23.9 Å². The minimum Gasteiger partial charge on any atom is -0.461 e. The van der Waals surface area contributed by atoms with Crippen LogP contribution in [0.4, 0.5) is 0 Å². The van der Waals surface area contributed by atoms with Gasteiger partial charge in [-0.3, -0.25) is 4.79 Å². The fraction of sp³-hybridized carbons (Fsp3) is 0.389. The first-order chi connectivity index (χ1) is 12.3. The highest BCUT2D eigenvalue weighted by Crippen LogP contribution is 2.20. The smallest absolute Gasteiger partial charge is 0.355 e. The lowest BCUT2D eigenvalue weighted by Gasteiger charge is -2.12. The van der Waals surface area contributed by atoms with Gasteiger partial charge in [0.25, 0.3) is 5.91 Å². The van der Waals surface area contributed by atoms with E-state index in [0.29, 0.717) is 11.3 Å². The third kappa shape index (κ3) is 4.51. The van der Waals surface area contributed by atoms with Crippen molar-refractivity contribution in [3.8, 4) is 0 Å². The molecule has 2 aromatic heterocycles. The average molecular weight is 378 g/mol. The van der Waals surface area contributed by atoms with Crippen molar-refractivity contribution in [2.75, 3.05) is 13.2 Å². The molecule has 7 nitrogen and oxygen atoms in total. The Morgan fingerprint density at radius 3 is 2.58 bits per heavy atom. The van der Waals surface area contributed by atoms with Crippen molar-refractivity contribution in [2.45, 2.75) is 33.7 Å². The molecule has 1 amide bonds. The van der Waals surface area contributed by atoms with Gasteiger partial charge in [0.05, 0.1) is 18.2 Å². The number of aryl methyl sites for hydroxylation is 1. The number of amides is 1. The number of hydrogen-bond acceptors (Lipinski definition) is 6. The van der Waals surface area contributed by atoms with Gasteiger partial charge in [0.15, 0.2) is 6.61 Å². The second-order valence-electron chi connectivity index (χ2n) is 5.73. The molecule has 2 N–H and O–H groups in total. The number of thiophene rings is 1. The number of carbonyl (C=O) groups excluding carboxylic acids is 3. The number of ether oxygens (including phenoxy) is 2. The van der Waals surface area contributed by atoms with Crippen molar-refractivity contribution in [2.24, 2.45) is 0 Å². The van der Waals surface area contributed by atoms with Crippen LogP contribution < -0.4 is 5.32 Å². The first kappa shape index (κ1) is 19.7. The van der Waals surface area contributed by atoms with E-state index in [1.165, 1.54) is 11.3 Å². The number of esters is 2. The Balaban J connectivity index is 1.97. The average Bonchev–Trinajstić information content (AvgIpc) is 3.21. The van der Waals surface area contributed by atoms with Crippen molar-refractivity contribution in [3.05, 3.63) is 44.9 Å². The van der Waals surface area contributed by atoms with Crippen LogP contribution >= 0.6 is 11.3 Å². The Morgan fingerprint density at radius 1 is 1.23 bits per heavy atom. The maximum atomic E-state index is 12.3. The van der Waals surface area contributed by atoms with Gasteiger partial charge in [-0.05, 0) is 44.7 Å². The Bertz CT molecular complexity index is 795. The van der Waals surface area contributed by atoms with Crippen molar-refractivity contribution in [1.82, 2.24) is 10.3 Å². The van der Waals surface area contributed by atoms with Gasteiger partial charge in [-0.2, -0.15) is 0 Å². The molecule has 0 spiro atoms. The van der Waals surface area contributed by atoms with Gasteiger partial charge in [0.1, 0.15) is 5.69 Å². The van der Waals surface area contributed by atoms with Crippen LogP contribution in [0.2, 0.25) is 0 Å². The third-order valence-electron chi connectivity index (χ3n) is 3.80. The lowest BCUT2D eigenvalue weighted by molar-refractivity contribution is -0.124. The monoisotopic (exact) mass is 378 g/mol. The Kier molecular flexibility index (Phi) is 6.57. The fourth-order valence-electron chi connectivity index (χ4n) is 2.56. The Labute approximate surface area is 155 Å². The molecule has 2 rings (SSSR count). The third-order valence-corrected chi connectivity index (χ3v) is 4.86. The molecule has 0 aliphatic rings. The van der Waals surface area contributed by atoms with E-state index in [4.69, 9.17) is 9.47 Å². The van der Waals surface area contributed by atoms with E-state index in [9.17, 15) is 14.4 Å². The summed E-state index contributed by atoms with van der Waals surface area (Å²) in [6.07, 6.45) is 0. The van der Waals surface area contributed by atoms with Gasteiger partial charge in [-0.25, -0.2) is 9.59 Å². The summed E-state index contributed by atoms with van der Waals surface area (Å²) in [6.45, 7) is 6.69.